The standard InChI is InChI=1S/C10H20N2/c1-10(2,8-3-4-8)12-6-5-9(11)7-12/h8-9H,3-7,11H2,1-2H3. The van der Waals surface area contributed by atoms with Crippen molar-refractivity contribution in [3.05, 3.63) is 0 Å². The minimum Gasteiger partial charge on any atom is -0.326 e. The molecule has 0 radical (unpaired) electrons. The SMILES string of the molecule is CC(C)(C1CC1)N1CCC(N)C1. The molecule has 1 aliphatic heterocycles. The summed E-state index contributed by atoms with van der Waals surface area (Å²) in [5.74, 6) is 0.947. The monoisotopic (exact) mass is 168 g/mol. The molecular weight excluding hydrogens is 148 g/mol. The lowest BCUT2D eigenvalue weighted by Gasteiger charge is -2.35. The van der Waals surface area contributed by atoms with Crippen molar-refractivity contribution in [2.24, 2.45) is 11.7 Å². The van der Waals surface area contributed by atoms with Gasteiger partial charge in [0.05, 0.1) is 0 Å². The lowest BCUT2D eigenvalue weighted by molar-refractivity contribution is 0.128. The first-order valence-electron chi connectivity index (χ1n) is 5.11. The Balaban J connectivity index is 1.98. The molecule has 2 nitrogen and oxygen atoms in total. The molecule has 0 aromatic heterocycles. The largest absolute Gasteiger partial charge is 0.326 e. The highest BCUT2D eigenvalue weighted by atomic mass is 15.2. The van der Waals surface area contributed by atoms with Crippen molar-refractivity contribution < 1.29 is 0 Å². The topological polar surface area (TPSA) is 29.3 Å². The molecule has 2 N–H and O–H groups in total. The minimum atomic E-state index is 0.425. The number of hydrogen-bond donors (Lipinski definition) is 1. The van der Waals surface area contributed by atoms with Crippen LogP contribution in [0.3, 0.4) is 0 Å². The number of nitrogens with zero attached hydrogens (tertiary/aromatic N) is 1. The van der Waals surface area contributed by atoms with Crippen LogP contribution >= 0.6 is 0 Å². The van der Waals surface area contributed by atoms with E-state index in [1.54, 1.807) is 0 Å². The fraction of sp³-hybridized carbons (Fsp3) is 1.00. The zero-order chi connectivity index (χ0) is 8.77. The third kappa shape index (κ3) is 1.38. The summed E-state index contributed by atoms with van der Waals surface area (Å²) in [5, 5.41) is 0. The lowest BCUT2D eigenvalue weighted by Crippen LogP contribution is -2.45. The highest BCUT2D eigenvalue weighted by molar-refractivity contribution is 4.99. The molecule has 0 spiro atoms. The van der Waals surface area contributed by atoms with E-state index in [4.69, 9.17) is 5.73 Å². The van der Waals surface area contributed by atoms with Crippen LogP contribution in [0.4, 0.5) is 0 Å². The molecule has 1 heterocycles. The van der Waals surface area contributed by atoms with Gasteiger partial charge in [-0.05, 0) is 39.0 Å². The first-order chi connectivity index (χ1) is 5.60. The van der Waals surface area contributed by atoms with Crippen molar-refractivity contribution >= 4 is 0 Å². The highest BCUT2D eigenvalue weighted by Crippen LogP contribution is 2.43. The molecule has 70 valence electrons. The molecule has 1 atom stereocenters. The van der Waals surface area contributed by atoms with E-state index < -0.39 is 0 Å². The molecule has 2 fully saturated rings. The maximum Gasteiger partial charge on any atom is 0.0182 e. The summed E-state index contributed by atoms with van der Waals surface area (Å²) in [6.07, 6.45) is 4.05. The third-order valence-corrected chi connectivity index (χ3v) is 3.62. The van der Waals surface area contributed by atoms with Crippen LogP contribution in [0, 0.1) is 5.92 Å². The average Bonchev–Trinajstić information content (AvgIpc) is 2.75. The first kappa shape index (κ1) is 8.52. The Hall–Kier alpha value is -0.0800. The van der Waals surface area contributed by atoms with Crippen molar-refractivity contribution in [3.63, 3.8) is 0 Å². The van der Waals surface area contributed by atoms with Gasteiger partial charge in [-0.25, -0.2) is 0 Å². The molecule has 0 bridgehead atoms. The van der Waals surface area contributed by atoms with Gasteiger partial charge < -0.3 is 5.73 Å². The number of likely N-dealkylation sites (tertiary alicyclic amines) is 1. The number of nitrogens with two attached hydrogens (primary N) is 1. The molecule has 1 saturated heterocycles. The Morgan fingerprint density at radius 3 is 2.33 bits per heavy atom. The Labute approximate surface area is 75.1 Å². The van der Waals surface area contributed by atoms with E-state index in [1.807, 2.05) is 0 Å². The molecule has 0 aromatic carbocycles. The summed E-state index contributed by atoms with van der Waals surface area (Å²) in [4.78, 5) is 2.58. The average molecular weight is 168 g/mol. The van der Waals surface area contributed by atoms with Gasteiger partial charge >= 0.3 is 0 Å². The Morgan fingerprint density at radius 2 is 1.92 bits per heavy atom. The van der Waals surface area contributed by atoms with Gasteiger partial charge in [0.2, 0.25) is 0 Å². The van der Waals surface area contributed by atoms with Crippen LogP contribution in [-0.2, 0) is 0 Å². The van der Waals surface area contributed by atoms with Gasteiger partial charge in [0.1, 0.15) is 0 Å². The van der Waals surface area contributed by atoms with Crippen molar-refractivity contribution in [1.29, 1.82) is 0 Å². The van der Waals surface area contributed by atoms with E-state index in [2.05, 4.69) is 18.7 Å². The maximum absolute atomic E-state index is 5.90. The summed E-state index contributed by atoms with van der Waals surface area (Å²) < 4.78 is 0. The molecule has 0 amide bonds. The summed E-state index contributed by atoms with van der Waals surface area (Å²) >= 11 is 0. The molecule has 12 heavy (non-hydrogen) atoms. The normalized spacial score (nSPS) is 32.8. The fourth-order valence-electron chi connectivity index (χ4n) is 2.36. The maximum atomic E-state index is 5.90. The lowest BCUT2D eigenvalue weighted by atomic mass is 9.97. The smallest absolute Gasteiger partial charge is 0.0182 e. The van der Waals surface area contributed by atoms with Crippen LogP contribution in [0.5, 0.6) is 0 Å². The second kappa shape index (κ2) is 2.71. The summed E-state index contributed by atoms with van der Waals surface area (Å²) in [6, 6.07) is 0.433. The Morgan fingerprint density at radius 1 is 1.25 bits per heavy atom. The van der Waals surface area contributed by atoms with E-state index in [9.17, 15) is 0 Å². The van der Waals surface area contributed by atoms with Crippen molar-refractivity contribution in [1.82, 2.24) is 4.90 Å². The number of hydrogen-bond acceptors (Lipinski definition) is 2. The summed E-state index contributed by atoms with van der Waals surface area (Å²) in [7, 11) is 0. The molecule has 0 aromatic rings. The van der Waals surface area contributed by atoms with E-state index in [1.165, 1.54) is 25.8 Å². The Kier molecular flexibility index (Phi) is 1.92. The molecule has 1 saturated carbocycles. The second-order valence-electron chi connectivity index (χ2n) is 4.92. The molecule has 2 rings (SSSR count). The van der Waals surface area contributed by atoms with Crippen LogP contribution in [0.15, 0.2) is 0 Å². The van der Waals surface area contributed by atoms with Crippen LogP contribution in [0.1, 0.15) is 33.1 Å². The minimum absolute atomic E-state index is 0.425. The van der Waals surface area contributed by atoms with Crippen molar-refractivity contribution in [2.75, 3.05) is 13.1 Å². The summed E-state index contributed by atoms with van der Waals surface area (Å²) in [5.41, 5.74) is 6.33. The zero-order valence-corrected chi connectivity index (χ0v) is 8.21. The molecular formula is C10H20N2. The van der Waals surface area contributed by atoms with Crippen LogP contribution in [0.25, 0.3) is 0 Å². The van der Waals surface area contributed by atoms with Gasteiger partial charge in [-0.1, -0.05) is 0 Å². The molecule has 1 unspecified atom stereocenters. The van der Waals surface area contributed by atoms with E-state index >= 15 is 0 Å². The molecule has 2 aliphatic rings. The van der Waals surface area contributed by atoms with Crippen molar-refractivity contribution in [3.8, 4) is 0 Å². The Bertz CT molecular complexity index is 173. The van der Waals surface area contributed by atoms with Crippen LogP contribution < -0.4 is 5.73 Å². The first-order valence-corrected chi connectivity index (χ1v) is 5.11. The van der Waals surface area contributed by atoms with Crippen LogP contribution in [0.2, 0.25) is 0 Å². The van der Waals surface area contributed by atoms with Gasteiger partial charge in [-0.15, -0.1) is 0 Å². The third-order valence-electron chi connectivity index (χ3n) is 3.62. The molecule has 2 heteroatoms. The van der Waals surface area contributed by atoms with Gasteiger partial charge in [-0.2, -0.15) is 0 Å². The van der Waals surface area contributed by atoms with Crippen LogP contribution in [-0.4, -0.2) is 29.6 Å². The zero-order valence-electron chi connectivity index (χ0n) is 8.21. The van der Waals surface area contributed by atoms with Gasteiger partial charge in [0.15, 0.2) is 0 Å². The quantitative estimate of drug-likeness (QED) is 0.671. The van der Waals surface area contributed by atoms with E-state index in [-0.39, 0.29) is 0 Å². The van der Waals surface area contributed by atoms with E-state index in [0.29, 0.717) is 11.6 Å². The van der Waals surface area contributed by atoms with Gasteiger partial charge in [0, 0.05) is 24.7 Å². The predicted octanol–water partition coefficient (Wildman–Crippen LogP) is 1.21. The predicted molar refractivity (Wildman–Crippen MR) is 51.0 cm³/mol. The van der Waals surface area contributed by atoms with Gasteiger partial charge in [-0.3, -0.25) is 4.90 Å². The fourth-order valence-corrected chi connectivity index (χ4v) is 2.36. The molecule has 1 aliphatic carbocycles. The van der Waals surface area contributed by atoms with E-state index in [0.717, 1.165) is 12.5 Å². The second-order valence-corrected chi connectivity index (χ2v) is 4.92. The highest BCUT2D eigenvalue weighted by Gasteiger charge is 2.43. The number of rotatable bonds is 2. The summed E-state index contributed by atoms with van der Waals surface area (Å²) in [6.45, 7) is 7.08. The van der Waals surface area contributed by atoms with Gasteiger partial charge in [0.25, 0.3) is 0 Å². The van der Waals surface area contributed by atoms with Crippen molar-refractivity contribution in [2.45, 2.75) is 44.7 Å².